The van der Waals surface area contributed by atoms with Gasteiger partial charge in [-0.15, -0.1) is 0 Å². The van der Waals surface area contributed by atoms with Gasteiger partial charge in [-0.05, 0) is 54.7 Å². The Hall–Kier alpha value is -4.87. The van der Waals surface area contributed by atoms with Gasteiger partial charge in [0, 0.05) is 45.6 Å². The lowest BCUT2D eigenvalue weighted by Crippen LogP contribution is -2.62. The molecule has 2 aliphatic heterocycles. The zero-order valence-corrected chi connectivity index (χ0v) is 25.8. The Balaban J connectivity index is 1.29. The van der Waals surface area contributed by atoms with Gasteiger partial charge in [0.05, 0.1) is 65.2 Å². The molecule has 12 nitrogen and oxygen atoms in total. The van der Waals surface area contributed by atoms with Gasteiger partial charge in [0.1, 0.15) is 11.6 Å². The highest BCUT2D eigenvalue weighted by molar-refractivity contribution is 5.74. The van der Waals surface area contributed by atoms with Gasteiger partial charge in [0.15, 0.2) is 0 Å². The maximum absolute atomic E-state index is 15.6. The molecule has 46 heavy (non-hydrogen) atoms. The summed E-state index contributed by atoms with van der Waals surface area (Å²) in [5, 5.41) is 17.7. The minimum absolute atomic E-state index is 0.0241. The highest BCUT2D eigenvalue weighted by Crippen LogP contribution is 2.38. The summed E-state index contributed by atoms with van der Waals surface area (Å²) in [7, 11) is 3.03. The fourth-order valence-electron chi connectivity index (χ4n) is 6.71. The molecule has 0 aliphatic carbocycles. The number of hydrogen-bond donors (Lipinski definition) is 2. The number of likely N-dealkylation sites (N-methyl/N-ethyl adjacent to an activating group) is 1. The van der Waals surface area contributed by atoms with E-state index < -0.39 is 23.1 Å². The number of hydrogen-bond acceptors (Lipinski definition) is 10. The van der Waals surface area contributed by atoms with Crippen molar-refractivity contribution in [2.75, 3.05) is 50.7 Å². The van der Waals surface area contributed by atoms with Crippen LogP contribution in [0, 0.1) is 28.9 Å². The van der Waals surface area contributed by atoms with E-state index in [4.69, 9.17) is 15.2 Å². The van der Waals surface area contributed by atoms with Crippen molar-refractivity contribution < 1.29 is 23.0 Å². The van der Waals surface area contributed by atoms with E-state index in [1.807, 2.05) is 13.0 Å². The molecule has 0 spiro atoms. The van der Waals surface area contributed by atoms with Crippen LogP contribution < -0.4 is 16.0 Å². The molecule has 1 amide bonds. The van der Waals surface area contributed by atoms with Crippen LogP contribution in [0.25, 0.3) is 16.8 Å². The molecular weight excluding hydrogens is 596 g/mol. The van der Waals surface area contributed by atoms with Crippen LogP contribution in [0.4, 0.5) is 30.9 Å². The second-order valence-corrected chi connectivity index (χ2v) is 11.9. The van der Waals surface area contributed by atoms with Gasteiger partial charge in [-0.1, -0.05) is 6.92 Å². The molecule has 1 aromatic carbocycles. The molecule has 0 saturated carbocycles. The van der Waals surface area contributed by atoms with E-state index in [2.05, 4.69) is 31.4 Å². The highest BCUT2D eigenvalue weighted by Gasteiger charge is 2.38. The molecular formula is C32H35F2N9O3. The topological polar surface area (TPSA) is 147 Å². The molecule has 6 rings (SSSR count). The molecule has 240 valence electrons. The van der Waals surface area contributed by atoms with Gasteiger partial charge >= 0.3 is 6.09 Å². The summed E-state index contributed by atoms with van der Waals surface area (Å²) >= 11 is 0. The van der Waals surface area contributed by atoms with Crippen molar-refractivity contribution in [3.8, 4) is 17.3 Å². The van der Waals surface area contributed by atoms with E-state index in [9.17, 15) is 10.1 Å². The minimum Gasteiger partial charge on any atom is -0.453 e. The fourth-order valence-corrected chi connectivity index (χ4v) is 6.71. The number of ether oxygens (including phenoxy) is 2. The number of nitrogens with zero attached hydrogens (tertiary/aromatic N) is 7. The summed E-state index contributed by atoms with van der Waals surface area (Å²) in [6, 6.07) is 9.22. The van der Waals surface area contributed by atoms with Crippen LogP contribution in [0.3, 0.4) is 0 Å². The van der Waals surface area contributed by atoms with Gasteiger partial charge in [-0.3, -0.25) is 4.98 Å². The Kier molecular flexibility index (Phi) is 8.45. The second-order valence-electron chi connectivity index (χ2n) is 11.9. The maximum Gasteiger partial charge on any atom is 0.409 e. The number of anilines is 3. The van der Waals surface area contributed by atoms with Crippen LogP contribution in [-0.4, -0.2) is 83.1 Å². The molecule has 14 heteroatoms. The third kappa shape index (κ3) is 5.56. The summed E-state index contributed by atoms with van der Waals surface area (Å²) < 4.78 is 42.9. The second kappa shape index (κ2) is 12.5. The largest absolute Gasteiger partial charge is 0.453 e. The van der Waals surface area contributed by atoms with Crippen molar-refractivity contribution in [1.82, 2.24) is 24.5 Å². The monoisotopic (exact) mass is 631 g/mol. The molecule has 0 bridgehead atoms. The standard InChI is InChI=1S/C32H35F2N9O3/c1-19-16-42(17-24(36)29(19)41(2)31(44)45-3)27-6-9-37-15-26(27)39-30-38-14-21-4-5-25(40-43(21)30)28-22(33)12-20(13-23(28)34)32(18-35)7-10-46-11-8-32/h4-6,9,12-15,19,24,29H,7-8,10-11,16-17,36H2,1-3H3,(H,38,39). The molecule has 3 unspecified atom stereocenters. The fraction of sp³-hybridized carbons (Fsp3) is 0.406. The number of carbonyl (C=O) groups excluding carboxylic acids is 1. The van der Waals surface area contributed by atoms with Gasteiger partial charge < -0.3 is 30.3 Å². The summed E-state index contributed by atoms with van der Waals surface area (Å²) in [5.74, 6) is -1.28. The molecule has 5 heterocycles. The minimum atomic E-state index is -1.01. The number of piperidine rings is 1. The van der Waals surface area contributed by atoms with Crippen LogP contribution >= 0.6 is 0 Å². The summed E-state index contributed by atoms with van der Waals surface area (Å²) in [6.45, 7) is 3.81. The molecule has 2 aliphatic rings. The molecule has 2 saturated heterocycles. The van der Waals surface area contributed by atoms with Crippen molar-refractivity contribution in [3.63, 3.8) is 0 Å². The first kappa shape index (κ1) is 31.1. The summed E-state index contributed by atoms with van der Waals surface area (Å²) in [4.78, 5) is 24.6. The third-order valence-electron chi connectivity index (χ3n) is 9.05. The van der Waals surface area contributed by atoms with Gasteiger partial charge in [0.2, 0.25) is 5.95 Å². The molecule has 4 aromatic rings. The molecule has 2 fully saturated rings. The number of nitrogens with two attached hydrogens (primary N) is 1. The number of fused-ring (bicyclic) bond motifs is 1. The van der Waals surface area contributed by atoms with Crippen LogP contribution in [0.15, 0.2) is 48.9 Å². The smallest absolute Gasteiger partial charge is 0.409 e. The molecule has 3 atom stereocenters. The first-order valence-electron chi connectivity index (χ1n) is 15.0. The van der Waals surface area contributed by atoms with Crippen molar-refractivity contribution in [3.05, 3.63) is 66.1 Å². The molecule has 3 aromatic heterocycles. The molecule has 0 radical (unpaired) electrons. The van der Waals surface area contributed by atoms with Crippen molar-refractivity contribution in [2.24, 2.45) is 11.7 Å². The van der Waals surface area contributed by atoms with E-state index in [0.29, 0.717) is 61.9 Å². The molecule has 3 N–H and O–H groups in total. The Morgan fingerprint density at radius 2 is 1.93 bits per heavy atom. The number of carbonyl (C=O) groups is 1. The number of rotatable bonds is 6. The summed E-state index contributed by atoms with van der Waals surface area (Å²) in [6.07, 6.45) is 5.21. The Bertz CT molecular complexity index is 1770. The van der Waals surface area contributed by atoms with E-state index in [-0.39, 0.29) is 29.3 Å². The number of pyridine rings is 1. The van der Waals surface area contributed by atoms with Crippen molar-refractivity contribution >= 4 is 28.9 Å². The summed E-state index contributed by atoms with van der Waals surface area (Å²) in [5.41, 5.74) is 7.68. The Morgan fingerprint density at radius 1 is 1.20 bits per heavy atom. The van der Waals surface area contributed by atoms with Crippen molar-refractivity contribution in [2.45, 2.75) is 37.3 Å². The quantitative estimate of drug-likeness (QED) is 0.317. The zero-order valence-electron chi connectivity index (χ0n) is 25.8. The van der Waals surface area contributed by atoms with Crippen molar-refractivity contribution in [1.29, 1.82) is 5.26 Å². The van der Waals surface area contributed by atoms with Crippen LogP contribution in [0.2, 0.25) is 0 Å². The van der Waals surface area contributed by atoms with Crippen LogP contribution in [0.1, 0.15) is 25.3 Å². The highest BCUT2D eigenvalue weighted by atomic mass is 19.1. The number of benzene rings is 1. The average Bonchev–Trinajstić information content (AvgIpc) is 3.45. The first-order valence-corrected chi connectivity index (χ1v) is 15.0. The predicted molar refractivity (Wildman–Crippen MR) is 167 cm³/mol. The number of imidazole rings is 1. The van der Waals surface area contributed by atoms with Gasteiger partial charge in [0.25, 0.3) is 0 Å². The number of nitriles is 1. The van der Waals surface area contributed by atoms with Gasteiger partial charge in [-0.25, -0.2) is 18.6 Å². The van der Waals surface area contributed by atoms with E-state index >= 15 is 8.78 Å². The predicted octanol–water partition coefficient (Wildman–Crippen LogP) is 4.24. The zero-order chi connectivity index (χ0) is 32.6. The normalized spacial score (nSPS) is 21.1. The van der Waals surface area contributed by atoms with Crippen LogP contribution in [-0.2, 0) is 14.9 Å². The number of halogens is 2. The van der Waals surface area contributed by atoms with E-state index in [0.717, 1.165) is 5.69 Å². The Morgan fingerprint density at radius 3 is 2.61 bits per heavy atom. The number of nitrogens with one attached hydrogen (secondary N) is 1. The maximum atomic E-state index is 15.6. The van der Waals surface area contributed by atoms with E-state index in [1.165, 1.54) is 29.8 Å². The third-order valence-corrected chi connectivity index (χ3v) is 9.05. The SMILES string of the molecule is COC(=O)N(C)C1C(C)CN(c2ccncc2Nc2ncc3ccc(-c4c(F)cc(C5(C#N)CCOCC5)cc4F)nn23)CC1N. The van der Waals surface area contributed by atoms with Crippen LogP contribution in [0.5, 0.6) is 0 Å². The average molecular weight is 632 g/mol. The number of aromatic nitrogens is 4. The lowest BCUT2D eigenvalue weighted by molar-refractivity contribution is 0.0673. The lowest BCUT2D eigenvalue weighted by atomic mass is 9.75. The Labute approximate surface area is 264 Å². The lowest BCUT2D eigenvalue weighted by Gasteiger charge is -2.45. The number of methoxy groups -OCH3 is 1. The first-order chi connectivity index (χ1) is 22.2. The van der Waals surface area contributed by atoms with E-state index in [1.54, 1.807) is 36.6 Å². The van der Waals surface area contributed by atoms with Gasteiger partial charge in [-0.2, -0.15) is 14.9 Å². The number of amides is 1.